The summed E-state index contributed by atoms with van der Waals surface area (Å²) in [4.78, 5) is 28.8. The lowest BCUT2D eigenvalue weighted by Crippen LogP contribution is -2.23. The van der Waals surface area contributed by atoms with E-state index in [1.54, 1.807) is 19.2 Å². The highest BCUT2D eigenvalue weighted by Crippen LogP contribution is 2.20. The largest absolute Gasteiger partial charge is 0.355 e. The monoisotopic (exact) mass is 347 g/mol. The number of carbonyl (C=O) groups excluding carboxylic acids is 2. The maximum atomic E-state index is 12.7. The molecular weight excluding hydrogens is 326 g/mol. The lowest BCUT2D eigenvalue weighted by molar-refractivity contribution is 0.0947. The first-order valence-corrected chi connectivity index (χ1v) is 8.45. The Balaban J connectivity index is 1.79. The number of nitrogens with one attached hydrogen (secondary N) is 2. The fourth-order valence-electron chi connectivity index (χ4n) is 2.86. The molecule has 2 amide bonds. The minimum Gasteiger partial charge on any atom is -0.355 e. The maximum absolute atomic E-state index is 12.7. The second-order valence-electron chi connectivity index (χ2n) is 6.29. The fourth-order valence-corrected chi connectivity index (χ4v) is 2.86. The Morgan fingerprint density at radius 1 is 0.962 bits per heavy atom. The van der Waals surface area contributed by atoms with E-state index in [-0.39, 0.29) is 11.8 Å². The highest BCUT2D eigenvalue weighted by Gasteiger charge is 2.12. The summed E-state index contributed by atoms with van der Waals surface area (Å²) < 4.78 is 0. The van der Waals surface area contributed by atoms with E-state index in [4.69, 9.17) is 0 Å². The van der Waals surface area contributed by atoms with E-state index in [0.717, 1.165) is 27.7 Å². The molecule has 0 unspecified atom stereocenters. The molecule has 0 fully saturated rings. The van der Waals surface area contributed by atoms with Crippen LogP contribution < -0.4 is 10.6 Å². The van der Waals surface area contributed by atoms with Crippen molar-refractivity contribution < 1.29 is 9.59 Å². The van der Waals surface area contributed by atoms with Gasteiger partial charge in [-0.1, -0.05) is 23.8 Å². The highest BCUT2D eigenvalue weighted by molar-refractivity contribution is 6.06. The summed E-state index contributed by atoms with van der Waals surface area (Å²) in [5.41, 5.74) is 4.85. The minimum atomic E-state index is -0.138. The van der Waals surface area contributed by atoms with Crippen molar-refractivity contribution in [2.75, 3.05) is 7.05 Å². The van der Waals surface area contributed by atoms with Crippen LogP contribution in [0.5, 0.6) is 0 Å². The van der Waals surface area contributed by atoms with Crippen LogP contribution in [0, 0.1) is 13.8 Å². The van der Waals surface area contributed by atoms with Crippen LogP contribution in [0.25, 0.3) is 10.9 Å². The van der Waals surface area contributed by atoms with Crippen molar-refractivity contribution >= 4 is 22.7 Å². The van der Waals surface area contributed by atoms with E-state index in [1.807, 2.05) is 50.2 Å². The second kappa shape index (κ2) is 7.35. The maximum Gasteiger partial charge on any atom is 0.252 e. The molecule has 0 spiro atoms. The first-order valence-electron chi connectivity index (χ1n) is 8.45. The lowest BCUT2D eigenvalue weighted by atomic mass is 10.0. The molecule has 3 rings (SSSR count). The third kappa shape index (κ3) is 3.72. The molecule has 3 aromatic rings. The van der Waals surface area contributed by atoms with Gasteiger partial charge in [-0.05, 0) is 49.7 Å². The van der Waals surface area contributed by atoms with Crippen LogP contribution in [0.2, 0.25) is 0 Å². The summed E-state index contributed by atoms with van der Waals surface area (Å²) in [6.07, 6.45) is 0. The summed E-state index contributed by atoms with van der Waals surface area (Å²) >= 11 is 0. The number of fused-ring (bicyclic) bond motifs is 1. The smallest absolute Gasteiger partial charge is 0.252 e. The Hall–Kier alpha value is -3.21. The molecule has 0 saturated carbocycles. The van der Waals surface area contributed by atoms with Crippen LogP contribution in [0.15, 0.2) is 48.5 Å². The van der Waals surface area contributed by atoms with E-state index in [2.05, 4.69) is 15.6 Å². The molecule has 26 heavy (non-hydrogen) atoms. The van der Waals surface area contributed by atoms with Crippen LogP contribution in [-0.2, 0) is 6.54 Å². The van der Waals surface area contributed by atoms with Gasteiger partial charge in [-0.3, -0.25) is 14.6 Å². The Bertz CT molecular complexity index is 978. The number of benzene rings is 2. The van der Waals surface area contributed by atoms with Crippen molar-refractivity contribution in [3.05, 3.63) is 76.5 Å². The number of aromatic nitrogens is 1. The zero-order chi connectivity index (χ0) is 18.7. The van der Waals surface area contributed by atoms with Gasteiger partial charge in [-0.2, -0.15) is 0 Å². The van der Waals surface area contributed by atoms with E-state index in [0.29, 0.717) is 17.7 Å². The predicted molar refractivity (Wildman–Crippen MR) is 102 cm³/mol. The summed E-state index contributed by atoms with van der Waals surface area (Å²) in [7, 11) is 1.60. The van der Waals surface area contributed by atoms with Crippen LogP contribution in [0.4, 0.5) is 0 Å². The van der Waals surface area contributed by atoms with Crippen LogP contribution in [-0.4, -0.2) is 23.8 Å². The lowest BCUT2D eigenvalue weighted by Gasteiger charge is -2.10. The molecular formula is C21H21N3O2. The topological polar surface area (TPSA) is 71.1 Å². The number of hydrogen-bond acceptors (Lipinski definition) is 3. The third-order valence-electron chi connectivity index (χ3n) is 4.23. The van der Waals surface area contributed by atoms with Crippen LogP contribution in [0.3, 0.4) is 0 Å². The van der Waals surface area contributed by atoms with Crippen molar-refractivity contribution in [3.8, 4) is 0 Å². The Labute approximate surface area is 152 Å². The Kier molecular flexibility index (Phi) is 4.98. The molecule has 0 aliphatic rings. The molecule has 5 nitrogen and oxygen atoms in total. The van der Waals surface area contributed by atoms with Crippen LogP contribution in [0.1, 0.15) is 37.5 Å². The number of pyridine rings is 1. The second-order valence-corrected chi connectivity index (χ2v) is 6.29. The number of hydrogen-bond donors (Lipinski definition) is 2. The van der Waals surface area contributed by atoms with E-state index in [1.165, 1.54) is 0 Å². The molecule has 2 N–H and O–H groups in total. The zero-order valence-corrected chi connectivity index (χ0v) is 15.1. The highest BCUT2D eigenvalue weighted by atomic mass is 16.2. The van der Waals surface area contributed by atoms with Gasteiger partial charge in [0.2, 0.25) is 0 Å². The molecule has 1 aromatic heterocycles. The van der Waals surface area contributed by atoms with Crippen molar-refractivity contribution in [2.45, 2.75) is 20.4 Å². The van der Waals surface area contributed by atoms with Crippen molar-refractivity contribution in [1.29, 1.82) is 0 Å². The van der Waals surface area contributed by atoms with Gasteiger partial charge in [0.15, 0.2) is 0 Å². The average Bonchev–Trinajstić information content (AvgIpc) is 2.65. The van der Waals surface area contributed by atoms with Gasteiger partial charge in [0.1, 0.15) is 0 Å². The van der Waals surface area contributed by atoms with Gasteiger partial charge in [-0.15, -0.1) is 0 Å². The van der Waals surface area contributed by atoms with Crippen molar-refractivity contribution in [3.63, 3.8) is 0 Å². The minimum absolute atomic E-state index is 0.130. The van der Waals surface area contributed by atoms with Gasteiger partial charge in [-0.25, -0.2) is 0 Å². The number of amides is 2. The normalized spacial score (nSPS) is 10.6. The van der Waals surface area contributed by atoms with E-state index in [9.17, 15) is 9.59 Å². The third-order valence-corrected chi connectivity index (χ3v) is 4.23. The van der Waals surface area contributed by atoms with E-state index < -0.39 is 0 Å². The van der Waals surface area contributed by atoms with Gasteiger partial charge in [0.05, 0.1) is 11.1 Å². The van der Waals surface area contributed by atoms with Crippen molar-refractivity contribution in [2.24, 2.45) is 0 Å². The zero-order valence-electron chi connectivity index (χ0n) is 15.1. The summed E-state index contributed by atoms with van der Waals surface area (Å²) in [5.74, 6) is -0.267. The predicted octanol–water partition coefficient (Wildman–Crippen LogP) is 3.14. The first kappa shape index (κ1) is 17.6. The fraction of sp³-hybridized carbons (Fsp3) is 0.190. The molecule has 0 atom stereocenters. The van der Waals surface area contributed by atoms with Gasteiger partial charge in [0, 0.05) is 30.2 Å². The Morgan fingerprint density at radius 2 is 1.69 bits per heavy atom. The number of rotatable bonds is 4. The molecule has 5 heteroatoms. The molecule has 0 saturated heterocycles. The molecule has 1 heterocycles. The van der Waals surface area contributed by atoms with Gasteiger partial charge in [0.25, 0.3) is 11.8 Å². The molecule has 0 bridgehead atoms. The summed E-state index contributed by atoms with van der Waals surface area (Å²) in [5, 5.41) is 6.38. The quantitative estimate of drug-likeness (QED) is 0.762. The van der Waals surface area contributed by atoms with Crippen molar-refractivity contribution in [1.82, 2.24) is 15.6 Å². The van der Waals surface area contributed by atoms with Gasteiger partial charge < -0.3 is 10.6 Å². The molecule has 2 aromatic carbocycles. The Morgan fingerprint density at radius 3 is 2.38 bits per heavy atom. The number of aryl methyl sites for hydroxylation is 2. The first-order chi connectivity index (χ1) is 12.5. The summed E-state index contributed by atoms with van der Waals surface area (Å²) in [6, 6.07) is 14.9. The number of nitrogens with zero attached hydrogens (tertiary/aromatic N) is 1. The van der Waals surface area contributed by atoms with Crippen LogP contribution >= 0.6 is 0 Å². The molecule has 0 radical (unpaired) electrons. The standard InChI is InChI=1S/C21H21N3O2/c1-13-4-9-19-17(10-13)18(11-14(2)24-19)21(26)23-12-15-5-7-16(8-6-15)20(25)22-3/h4-11H,12H2,1-3H3,(H,22,25)(H,23,26). The van der Waals surface area contributed by atoms with Gasteiger partial charge >= 0.3 is 0 Å². The summed E-state index contributed by atoms with van der Waals surface area (Å²) in [6.45, 7) is 4.27. The average molecular weight is 347 g/mol. The SMILES string of the molecule is CNC(=O)c1ccc(CNC(=O)c2cc(C)nc3ccc(C)cc23)cc1. The number of carbonyl (C=O) groups is 2. The molecule has 0 aliphatic carbocycles. The molecule has 132 valence electrons. The molecule has 0 aliphatic heterocycles. The van der Waals surface area contributed by atoms with E-state index >= 15 is 0 Å².